The summed E-state index contributed by atoms with van der Waals surface area (Å²) in [6.07, 6.45) is 0. The third-order valence-corrected chi connectivity index (χ3v) is 2.17. The average molecular weight is 200 g/mol. The van der Waals surface area contributed by atoms with Crippen LogP contribution >= 0.6 is 11.6 Å². The molecule has 1 aromatic carbocycles. The van der Waals surface area contributed by atoms with Crippen molar-refractivity contribution < 1.29 is 4.74 Å². The van der Waals surface area contributed by atoms with Crippen LogP contribution < -0.4 is 5.32 Å². The third kappa shape index (κ3) is 2.99. The molecule has 1 atom stereocenters. The highest BCUT2D eigenvalue weighted by atomic mass is 35.5. The molecule has 0 saturated heterocycles. The van der Waals surface area contributed by atoms with E-state index in [9.17, 15) is 0 Å². The number of methoxy groups -OCH3 is 1. The highest BCUT2D eigenvalue weighted by Crippen LogP contribution is 2.17. The minimum absolute atomic E-state index is 0.212. The van der Waals surface area contributed by atoms with Gasteiger partial charge in [0.15, 0.2) is 0 Å². The summed E-state index contributed by atoms with van der Waals surface area (Å²) in [4.78, 5) is 0. The second-order valence-electron chi connectivity index (χ2n) is 2.85. The van der Waals surface area contributed by atoms with Crippen LogP contribution in [0, 0.1) is 0 Å². The number of likely N-dealkylation sites (N-methyl/N-ethyl adjacent to an activating group) is 1. The Bertz CT molecular complexity index is 265. The second kappa shape index (κ2) is 5.22. The molecule has 0 bridgehead atoms. The van der Waals surface area contributed by atoms with Crippen molar-refractivity contribution >= 4 is 11.6 Å². The monoisotopic (exact) mass is 199 g/mol. The van der Waals surface area contributed by atoms with Gasteiger partial charge in [0, 0.05) is 12.1 Å². The molecule has 0 amide bonds. The van der Waals surface area contributed by atoms with Crippen molar-refractivity contribution in [3.63, 3.8) is 0 Å². The molecular weight excluding hydrogens is 186 g/mol. The van der Waals surface area contributed by atoms with E-state index < -0.39 is 0 Å². The zero-order valence-electron chi connectivity index (χ0n) is 7.88. The van der Waals surface area contributed by atoms with Crippen molar-refractivity contribution in [3.8, 4) is 0 Å². The largest absolute Gasteiger partial charge is 0.383 e. The molecule has 1 unspecified atom stereocenters. The van der Waals surface area contributed by atoms with E-state index in [-0.39, 0.29) is 6.04 Å². The van der Waals surface area contributed by atoms with Gasteiger partial charge in [-0.3, -0.25) is 0 Å². The van der Waals surface area contributed by atoms with Gasteiger partial charge < -0.3 is 10.1 Å². The van der Waals surface area contributed by atoms with Crippen LogP contribution in [0.3, 0.4) is 0 Å². The fourth-order valence-electron chi connectivity index (χ4n) is 1.24. The second-order valence-corrected chi connectivity index (χ2v) is 3.29. The molecule has 1 aromatic rings. The molecule has 2 nitrogen and oxygen atoms in total. The summed E-state index contributed by atoms with van der Waals surface area (Å²) in [7, 11) is 3.60. The SMILES string of the molecule is CNC(COC)c1cccc(Cl)c1. The van der Waals surface area contributed by atoms with Gasteiger partial charge in [0.05, 0.1) is 12.6 Å². The lowest BCUT2D eigenvalue weighted by molar-refractivity contribution is 0.170. The standard InChI is InChI=1S/C10H14ClNO/c1-12-10(7-13-2)8-4-3-5-9(11)6-8/h3-6,10,12H,7H2,1-2H3. The van der Waals surface area contributed by atoms with Gasteiger partial charge in [0.2, 0.25) is 0 Å². The quantitative estimate of drug-likeness (QED) is 0.803. The Kier molecular flexibility index (Phi) is 4.22. The molecule has 0 spiro atoms. The molecule has 3 heteroatoms. The maximum atomic E-state index is 5.88. The first kappa shape index (κ1) is 10.5. The van der Waals surface area contributed by atoms with Crippen LogP contribution in [-0.4, -0.2) is 20.8 Å². The molecule has 72 valence electrons. The Labute approximate surface area is 83.9 Å². The Hall–Kier alpha value is -0.570. The van der Waals surface area contributed by atoms with Gasteiger partial charge in [-0.05, 0) is 24.7 Å². The van der Waals surface area contributed by atoms with Crippen LogP contribution in [0.2, 0.25) is 5.02 Å². The molecular formula is C10H14ClNO. The summed E-state index contributed by atoms with van der Waals surface area (Å²) in [6.45, 7) is 0.650. The van der Waals surface area contributed by atoms with E-state index in [1.54, 1.807) is 7.11 Å². The first-order valence-corrected chi connectivity index (χ1v) is 4.57. The molecule has 0 saturated carbocycles. The molecule has 1 rings (SSSR count). The maximum Gasteiger partial charge on any atom is 0.0657 e. The highest BCUT2D eigenvalue weighted by molar-refractivity contribution is 6.30. The predicted octanol–water partition coefficient (Wildman–Crippen LogP) is 2.25. The minimum Gasteiger partial charge on any atom is -0.383 e. The van der Waals surface area contributed by atoms with Crippen LogP contribution in [0.15, 0.2) is 24.3 Å². The number of hydrogen-bond acceptors (Lipinski definition) is 2. The number of halogens is 1. The summed E-state index contributed by atoms with van der Waals surface area (Å²) in [6, 6.07) is 8.00. The third-order valence-electron chi connectivity index (χ3n) is 1.93. The maximum absolute atomic E-state index is 5.88. The van der Waals surface area contributed by atoms with Crippen molar-refractivity contribution in [1.82, 2.24) is 5.32 Å². The molecule has 0 aliphatic carbocycles. The van der Waals surface area contributed by atoms with Gasteiger partial charge in [0.1, 0.15) is 0 Å². The van der Waals surface area contributed by atoms with Crippen LogP contribution in [0.1, 0.15) is 11.6 Å². The fraction of sp³-hybridized carbons (Fsp3) is 0.400. The molecule has 0 fully saturated rings. The molecule has 1 N–H and O–H groups in total. The normalized spacial score (nSPS) is 12.8. The van der Waals surface area contributed by atoms with Gasteiger partial charge in [-0.15, -0.1) is 0 Å². The Morgan fingerprint density at radius 1 is 1.54 bits per heavy atom. The Morgan fingerprint density at radius 3 is 2.85 bits per heavy atom. The van der Waals surface area contributed by atoms with Crippen molar-refractivity contribution in [2.45, 2.75) is 6.04 Å². The zero-order chi connectivity index (χ0) is 9.68. The van der Waals surface area contributed by atoms with E-state index in [1.807, 2.05) is 31.3 Å². The van der Waals surface area contributed by atoms with Crippen molar-refractivity contribution in [2.24, 2.45) is 0 Å². The number of ether oxygens (including phenoxy) is 1. The lowest BCUT2D eigenvalue weighted by atomic mass is 10.1. The van der Waals surface area contributed by atoms with E-state index in [0.29, 0.717) is 6.61 Å². The minimum atomic E-state index is 0.212. The van der Waals surface area contributed by atoms with Crippen molar-refractivity contribution in [2.75, 3.05) is 20.8 Å². The van der Waals surface area contributed by atoms with Gasteiger partial charge >= 0.3 is 0 Å². The molecule has 0 radical (unpaired) electrons. The van der Waals surface area contributed by atoms with Crippen LogP contribution in [0.5, 0.6) is 0 Å². The number of nitrogens with one attached hydrogen (secondary N) is 1. The van der Waals surface area contributed by atoms with E-state index in [2.05, 4.69) is 5.32 Å². The molecule has 0 aliphatic rings. The lowest BCUT2D eigenvalue weighted by Gasteiger charge is -2.15. The first-order valence-electron chi connectivity index (χ1n) is 4.19. The average Bonchev–Trinajstić information content (AvgIpc) is 2.14. The molecule has 13 heavy (non-hydrogen) atoms. The van der Waals surface area contributed by atoms with E-state index in [4.69, 9.17) is 16.3 Å². The first-order chi connectivity index (χ1) is 6.27. The molecule has 0 aromatic heterocycles. The highest BCUT2D eigenvalue weighted by Gasteiger charge is 2.07. The topological polar surface area (TPSA) is 21.3 Å². The summed E-state index contributed by atoms with van der Waals surface area (Å²) in [5.41, 5.74) is 1.15. The van der Waals surface area contributed by atoms with Crippen molar-refractivity contribution in [3.05, 3.63) is 34.9 Å². The predicted molar refractivity (Wildman–Crippen MR) is 55.1 cm³/mol. The van der Waals surface area contributed by atoms with Gasteiger partial charge in [-0.2, -0.15) is 0 Å². The van der Waals surface area contributed by atoms with Crippen LogP contribution in [0.4, 0.5) is 0 Å². The van der Waals surface area contributed by atoms with Gasteiger partial charge in [-0.25, -0.2) is 0 Å². The fourth-order valence-corrected chi connectivity index (χ4v) is 1.43. The zero-order valence-corrected chi connectivity index (χ0v) is 8.64. The molecule has 0 heterocycles. The summed E-state index contributed by atoms with van der Waals surface area (Å²) in [5, 5.41) is 3.92. The lowest BCUT2D eigenvalue weighted by Crippen LogP contribution is -2.20. The van der Waals surface area contributed by atoms with Crippen LogP contribution in [0.25, 0.3) is 0 Å². The Morgan fingerprint density at radius 2 is 2.31 bits per heavy atom. The van der Waals surface area contributed by atoms with Crippen molar-refractivity contribution in [1.29, 1.82) is 0 Å². The van der Waals surface area contributed by atoms with E-state index in [0.717, 1.165) is 10.6 Å². The van der Waals surface area contributed by atoms with E-state index in [1.165, 1.54) is 0 Å². The van der Waals surface area contributed by atoms with Gasteiger partial charge in [-0.1, -0.05) is 23.7 Å². The summed E-state index contributed by atoms with van der Waals surface area (Å²) < 4.78 is 5.08. The van der Waals surface area contributed by atoms with E-state index >= 15 is 0 Å². The molecule has 0 aliphatic heterocycles. The number of hydrogen-bond donors (Lipinski definition) is 1. The smallest absolute Gasteiger partial charge is 0.0657 e. The van der Waals surface area contributed by atoms with Gasteiger partial charge in [0.25, 0.3) is 0 Å². The number of benzene rings is 1. The summed E-state index contributed by atoms with van der Waals surface area (Å²) in [5.74, 6) is 0. The number of rotatable bonds is 4. The Balaban J connectivity index is 2.78. The van der Waals surface area contributed by atoms with Crippen LogP contribution in [-0.2, 0) is 4.74 Å². The summed E-state index contributed by atoms with van der Waals surface area (Å²) >= 11 is 5.88.